The Balaban J connectivity index is 2.34. The van der Waals surface area contributed by atoms with Crippen LogP contribution in [0.3, 0.4) is 0 Å². The van der Waals surface area contributed by atoms with E-state index in [1.807, 2.05) is 6.92 Å². The van der Waals surface area contributed by atoms with Gasteiger partial charge in [0, 0.05) is 19.2 Å². The minimum Gasteiger partial charge on any atom is -0.391 e. The van der Waals surface area contributed by atoms with Crippen molar-refractivity contribution in [3.63, 3.8) is 0 Å². The van der Waals surface area contributed by atoms with Crippen LogP contribution in [0, 0.1) is 16.0 Å². The molecule has 0 spiro atoms. The Labute approximate surface area is 110 Å². The molecule has 4 N–H and O–H groups in total. The average molecular weight is 267 g/mol. The van der Waals surface area contributed by atoms with E-state index in [0.29, 0.717) is 18.9 Å². The third-order valence-electron chi connectivity index (χ3n) is 3.42. The van der Waals surface area contributed by atoms with E-state index in [4.69, 9.17) is 5.84 Å². The van der Waals surface area contributed by atoms with Gasteiger partial charge in [-0.15, -0.1) is 0 Å². The number of nitrogens with two attached hydrogens (primary N) is 1. The molecule has 8 nitrogen and oxygen atoms in total. The van der Waals surface area contributed by atoms with E-state index in [-0.39, 0.29) is 17.4 Å². The van der Waals surface area contributed by atoms with Gasteiger partial charge in [0.15, 0.2) is 0 Å². The number of hydrogen-bond acceptors (Lipinski definition) is 7. The molecule has 1 aliphatic heterocycles. The SMILES string of the molecule is CC1CCN(c2nc(NN)ccc2[N+](=O)[O-])CC1O. The number of nitro groups is 1. The Kier molecular flexibility index (Phi) is 3.82. The predicted octanol–water partition coefficient (Wildman–Crippen LogP) is 0.482. The summed E-state index contributed by atoms with van der Waals surface area (Å²) in [6.45, 7) is 2.92. The molecule has 1 aromatic rings. The molecule has 2 rings (SSSR count). The molecule has 19 heavy (non-hydrogen) atoms. The van der Waals surface area contributed by atoms with Crippen LogP contribution < -0.4 is 16.2 Å². The number of β-amino-alcohol motifs (C(OH)–C–C–N with tert-alkyl or cyclic N) is 1. The van der Waals surface area contributed by atoms with Gasteiger partial charge in [-0.3, -0.25) is 10.1 Å². The molecule has 104 valence electrons. The summed E-state index contributed by atoms with van der Waals surface area (Å²) >= 11 is 0. The summed E-state index contributed by atoms with van der Waals surface area (Å²) in [6.07, 6.45) is 0.255. The van der Waals surface area contributed by atoms with E-state index in [9.17, 15) is 15.2 Å². The van der Waals surface area contributed by atoms with Gasteiger partial charge in [-0.25, -0.2) is 10.8 Å². The van der Waals surface area contributed by atoms with Crippen molar-refractivity contribution >= 4 is 17.3 Å². The number of aliphatic hydroxyl groups excluding tert-OH is 1. The number of rotatable bonds is 3. The maximum absolute atomic E-state index is 11.0. The molecule has 1 saturated heterocycles. The third-order valence-corrected chi connectivity index (χ3v) is 3.42. The van der Waals surface area contributed by atoms with Gasteiger partial charge in [0.1, 0.15) is 5.82 Å². The number of hydrazine groups is 1. The van der Waals surface area contributed by atoms with Crippen LogP contribution in [0.2, 0.25) is 0 Å². The molecular formula is C11H17N5O3. The van der Waals surface area contributed by atoms with Crippen molar-refractivity contribution in [3.8, 4) is 0 Å². The van der Waals surface area contributed by atoms with E-state index in [1.54, 1.807) is 4.90 Å². The summed E-state index contributed by atoms with van der Waals surface area (Å²) in [5, 5.41) is 20.9. The summed E-state index contributed by atoms with van der Waals surface area (Å²) in [7, 11) is 0. The van der Waals surface area contributed by atoms with Crippen LogP contribution in [0.4, 0.5) is 17.3 Å². The largest absolute Gasteiger partial charge is 0.391 e. The van der Waals surface area contributed by atoms with Crippen molar-refractivity contribution in [2.24, 2.45) is 11.8 Å². The number of nitrogens with zero attached hydrogens (tertiary/aromatic N) is 3. The monoisotopic (exact) mass is 267 g/mol. The maximum Gasteiger partial charge on any atom is 0.311 e. The lowest BCUT2D eigenvalue weighted by Crippen LogP contribution is -2.43. The number of aromatic nitrogens is 1. The summed E-state index contributed by atoms with van der Waals surface area (Å²) in [5.41, 5.74) is 2.29. The number of hydrogen-bond donors (Lipinski definition) is 3. The molecule has 1 aromatic heterocycles. The molecule has 2 unspecified atom stereocenters. The zero-order chi connectivity index (χ0) is 14.0. The highest BCUT2D eigenvalue weighted by atomic mass is 16.6. The second kappa shape index (κ2) is 5.37. The van der Waals surface area contributed by atoms with Crippen LogP contribution in [0.25, 0.3) is 0 Å². The average Bonchev–Trinajstić information content (AvgIpc) is 2.41. The zero-order valence-corrected chi connectivity index (χ0v) is 10.6. The van der Waals surface area contributed by atoms with Crippen molar-refractivity contribution in [1.82, 2.24) is 4.98 Å². The summed E-state index contributed by atoms with van der Waals surface area (Å²) < 4.78 is 0. The van der Waals surface area contributed by atoms with Gasteiger partial charge in [0.25, 0.3) is 0 Å². The van der Waals surface area contributed by atoms with Gasteiger partial charge < -0.3 is 15.4 Å². The molecule has 0 radical (unpaired) electrons. The summed E-state index contributed by atoms with van der Waals surface area (Å²) in [4.78, 5) is 16.4. The smallest absolute Gasteiger partial charge is 0.311 e. The van der Waals surface area contributed by atoms with Crippen LogP contribution in [-0.4, -0.2) is 34.2 Å². The lowest BCUT2D eigenvalue weighted by Gasteiger charge is -2.34. The van der Waals surface area contributed by atoms with E-state index < -0.39 is 11.0 Å². The lowest BCUT2D eigenvalue weighted by atomic mass is 9.96. The molecule has 0 bridgehead atoms. The Hall–Kier alpha value is -1.93. The normalized spacial score (nSPS) is 23.2. The Morgan fingerprint density at radius 2 is 2.37 bits per heavy atom. The fraction of sp³-hybridized carbons (Fsp3) is 0.545. The molecule has 1 fully saturated rings. The Morgan fingerprint density at radius 1 is 1.63 bits per heavy atom. The Bertz CT molecular complexity index is 481. The summed E-state index contributed by atoms with van der Waals surface area (Å²) in [6, 6.07) is 2.81. The quantitative estimate of drug-likeness (QED) is 0.414. The van der Waals surface area contributed by atoms with Crippen molar-refractivity contribution in [2.45, 2.75) is 19.4 Å². The van der Waals surface area contributed by atoms with Crippen LogP contribution in [-0.2, 0) is 0 Å². The number of pyridine rings is 1. The van der Waals surface area contributed by atoms with Crippen LogP contribution >= 0.6 is 0 Å². The lowest BCUT2D eigenvalue weighted by molar-refractivity contribution is -0.384. The molecule has 0 aromatic carbocycles. The van der Waals surface area contributed by atoms with Crippen molar-refractivity contribution in [1.29, 1.82) is 0 Å². The molecule has 0 aliphatic carbocycles. The maximum atomic E-state index is 11.0. The summed E-state index contributed by atoms with van der Waals surface area (Å²) in [5.74, 6) is 6.06. The van der Waals surface area contributed by atoms with Gasteiger partial charge in [-0.1, -0.05) is 6.92 Å². The molecule has 0 saturated carbocycles. The highest BCUT2D eigenvalue weighted by Gasteiger charge is 2.29. The number of aliphatic hydroxyl groups is 1. The van der Waals surface area contributed by atoms with Crippen LogP contribution in [0.1, 0.15) is 13.3 Å². The van der Waals surface area contributed by atoms with E-state index in [0.717, 1.165) is 6.42 Å². The first-order valence-corrected chi connectivity index (χ1v) is 6.08. The fourth-order valence-electron chi connectivity index (χ4n) is 2.14. The minimum absolute atomic E-state index is 0.0826. The van der Waals surface area contributed by atoms with Gasteiger partial charge >= 0.3 is 5.69 Å². The molecule has 8 heteroatoms. The van der Waals surface area contributed by atoms with E-state index in [2.05, 4.69) is 10.4 Å². The van der Waals surface area contributed by atoms with E-state index in [1.165, 1.54) is 12.1 Å². The highest BCUT2D eigenvalue weighted by molar-refractivity contribution is 5.61. The van der Waals surface area contributed by atoms with E-state index >= 15 is 0 Å². The fourth-order valence-corrected chi connectivity index (χ4v) is 2.14. The van der Waals surface area contributed by atoms with Gasteiger partial charge in [0.05, 0.1) is 11.0 Å². The van der Waals surface area contributed by atoms with Crippen LogP contribution in [0.5, 0.6) is 0 Å². The molecule has 0 amide bonds. The predicted molar refractivity (Wildman–Crippen MR) is 70.7 cm³/mol. The Morgan fingerprint density at radius 3 is 2.95 bits per heavy atom. The van der Waals surface area contributed by atoms with Gasteiger partial charge in [-0.2, -0.15) is 0 Å². The molecule has 2 heterocycles. The molecule has 2 atom stereocenters. The first-order valence-electron chi connectivity index (χ1n) is 6.08. The van der Waals surface area contributed by atoms with Crippen molar-refractivity contribution in [3.05, 3.63) is 22.2 Å². The zero-order valence-electron chi connectivity index (χ0n) is 10.6. The first-order chi connectivity index (χ1) is 9.02. The molecule has 1 aliphatic rings. The van der Waals surface area contributed by atoms with Gasteiger partial charge in [0.2, 0.25) is 5.82 Å². The van der Waals surface area contributed by atoms with Crippen molar-refractivity contribution < 1.29 is 10.0 Å². The number of nitrogens with one attached hydrogen (secondary N) is 1. The second-order valence-electron chi connectivity index (χ2n) is 4.72. The highest BCUT2D eigenvalue weighted by Crippen LogP contribution is 2.30. The standard InChI is InChI=1S/C11H17N5O3/c1-7-4-5-15(6-9(7)17)11-8(16(18)19)2-3-10(13-11)14-12/h2-3,7,9,17H,4-6,12H2,1H3,(H,13,14). The van der Waals surface area contributed by atoms with Crippen molar-refractivity contribution in [2.75, 3.05) is 23.4 Å². The first kappa shape index (κ1) is 13.5. The number of nitrogen functional groups attached to an aromatic ring is 1. The van der Waals surface area contributed by atoms with Gasteiger partial charge in [-0.05, 0) is 18.4 Å². The number of anilines is 2. The third kappa shape index (κ3) is 2.74. The topological polar surface area (TPSA) is 118 Å². The van der Waals surface area contributed by atoms with Crippen LogP contribution in [0.15, 0.2) is 12.1 Å². The minimum atomic E-state index is -0.510. The molecular weight excluding hydrogens is 250 g/mol. The second-order valence-corrected chi connectivity index (χ2v) is 4.72. The number of piperidine rings is 1.